The minimum absolute atomic E-state index is 0.521. The Hall–Kier alpha value is -0.120. The molecule has 1 saturated carbocycles. The van der Waals surface area contributed by atoms with Gasteiger partial charge in [0.25, 0.3) is 0 Å². The van der Waals surface area contributed by atoms with Crippen LogP contribution in [0.4, 0.5) is 0 Å². The molecule has 0 amide bonds. The van der Waals surface area contributed by atoms with E-state index in [2.05, 4.69) is 17.6 Å². The summed E-state index contributed by atoms with van der Waals surface area (Å²) >= 11 is 0. The van der Waals surface area contributed by atoms with Crippen molar-refractivity contribution in [2.24, 2.45) is 5.41 Å². The van der Waals surface area contributed by atoms with Gasteiger partial charge in [-0.05, 0) is 24.7 Å². The highest BCUT2D eigenvalue weighted by molar-refractivity contribution is 4.89. The van der Waals surface area contributed by atoms with E-state index in [0.717, 1.165) is 26.3 Å². The summed E-state index contributed by atoms with van der Waals surface area (Å²) in [5.74, 6) is 0. The summed E-state index contributed by atoms with van der Waals surface area (Å²) in [6.45, 7) is 7.32. The minimum Gasteiger partial charge on any atom is -0.378 e. The summed E-state index contributed by atoms with van der Waals surface area (Å²) in [5, 5.41) is 7.08. The Labute approximate surface area is 93.0 Å². The van der Waals surface area contributed by atoms with E-state index in [1.165, 1.54) is 32.2 Å². The van der Waals surface area contributed by atoms with Crippen molar-refractivity contribution >= 4 is 0 Å². The Morgan fingerprint density at radius 3 is 2.87 bits per heavy atom. The van der Waals surface area contributed by atoms with Crippen molar-refractivity contribution in [3.8, 4) is 0 Å². The molecule has 0 aromatic heterocycles. The highest BCUT2D eigenvalue weighted by Crippen LogP contribution is 2.42. The average Bonchev–Trinajstić information content (AvgIpc) is 2.24. The molecule has 0 aromatic rings. The Morgan fingerprint density at radius 2 is 2.33 bits per heavy atom. The van der Waals surface area contributed by atoms with Crippen molar-refractivity contribution in [1.82, 2.24) is 10.6 Å². The van der Waals surface area contributed by atoms with Gasteiger partial charge in [-0.25, -0.2) is 0 Å². The van der Waals surface area contributed by atoms with Gasteiger partial charge in [0.2, 0.25) is 0 Å². The molecule has 0 bridgehead atoms. The second-order valence-electron chi connectivity index (χ2n) is 5.06. The lowest BCUT2D eigenvalue weighted by atomic mass is 9.67. The molecule has 15 heavy (non-hydrogen) atoms. The van der Waals surface area contributed by atoms with Crippen molar-refractivity contribution in [2.75, 3.05) is 32.8 Å². The Kier molecular flexibility index (Phi) is 4.00. The third kappa shape index (κ3) is 2.92. The van der Waals surface area contributed by atoms with Crippen LogP contribution in [0.5, 0.6) is 0 Å². The summed E-state index contributed by atoms with van der Waals surface area (Å²) < 4.78 is 5.43. The first-order valence-corrected chi connectivity index (χ1v) is 6.36. The van der Waals surface area contributed by atoms with Crippen LogP contribution >= 0.6 is 0 Å². The van der Waals surface area contributed by atoms with Crippen LogP contribution in [0.1, 0.15) is 32.6 Å². The van der Waals surface area contributed by atoms with E-state index in [-0.39, 0.29) is 0 Å². The molecule has 0 aromatic carbocycles. The van der Waals surface area contributed by atoms with Crippen LogP contribution in [-0.2, 0) is 4.74 Å². The number of rotatable bonds is 5. The fraction of sp³-hybridized carbons (Fsp3) is 1.00. The molecule has 2 aliphatic rings. The molecular formula is C12H24N2O. The standard InChI is InChI=1S/C12H24N2O/c1-2-12(4-3-5-12)10-13-8-11-9-15-7-6-14-11/h11,13-14H,2-10H2,1H3. The van der Waals surface area contributed by atoms with Crippen molar-refractivity contribution < 1.29 is 4.74 Å². The zero-order valence-electron chi connectivity index (χ0n) is 9.85. The first-order valence-electron chi connectivity index (χ1n) is 6.36. The van der Waals surface area contributed by atoms with Crippen LogP contribution in [0.15, 0.2) is 0 Å². The normalized spacial score (nSPS) is 29.8. The summed E-state index contributed by atoms with van der Waals surface area (Å²) in [5.41, 5.74) is 0.634. The van der Waals surface area contributed by atoms with Gasteiger partial charge in [0.15, 0.2) is 0 Å². The van der Waals surface area contributed by atoms with E-state index in [9.17, 15) is 0 Å². The minimum atomic E-state index is 0.521. The van der Waals surface area contributed by atoms with Gasteiger partial charge in [-0.1, -0.05) is 13.3 Å². The summed E-state index contributed by atoms with van der Waals surface area (Å²) in [6, 6.07) is 0.521. The maximum absolute atomic E-state index is 5.43. The maximum atomic E-state index is 5.43. The third-order valence-electron chi connectivity index (χ3n) is 4.05. The average molecular weight is 212 g/mol. The van der Waals surface area contributed by atoms with Crippen LogP contribution < -0.4 is 10.6 Å². The Balaban J connectivity index is 1.61. The lowest BCUT2D eigenvalue weighted by Crippen LogP contribution is -2.49. The Bertz CT molecular complexity index is 181. The van der Waals surface area contributed by atoms with Gasteiger partial charge in [0.05, 0.1) is 13.2 Å². The van der Waals surface area contributed by atoms with Crippen LogP contribution in [0.3, 0.4) is 0 Å². The number of nitrogens with one attached hydrogen (secondary N) is 2. The molecule has 1 saturated heterocycles. The molecule has 2 N–H and O–H groups in total. The van der Waals surface area contributed by atoms with Crippen molar-refractivity contribution in [3.05, 3.63) is 0 Å². The third-order valence-corrected chi connectivity index (χ3v) is 4.05. The molecule has 1 unspecified atom stereocenters. The van der Waals surface area contributed by atoms with Gasteiger partial charge in [0, 0.05) is 25.7 Å². The second-order valence-corrected chi connectivity index (χ2v) is 5.06. The molecule has 0 radical (unpaired) electrons. The van der Waals surface area contributed by atoms with Crippen LogP contribution in [-0.4, -0.2) is 38.9 Å². The summed E-state index contributed by atoms with van der Waals surface area (Å²) in [6.07, 6.45) is 5.60. The van der Waals surface area contributed by atoms with Crippen LogP contribution in [0, 0.1) is 5.41 Å². The molecule has 1 atom stereocenters. The van der Waals surface area contributed by atoms with Gasteiger partial charge in [0.1, 0.15) is 0 Å². The molecule has 88 valence electrons. The second kappa shape index (κ2) is 5.28. The van der Waals surface area contributed by atoms with Gasteiger partial charge in [-0.15, -0.1) is 0 Å². The monoisotopic (exact) mass is 212 g/mol. The first kappa shape index (κ1) is 11.4. The molecule has 2 rings (SSSR count). The molecule has 3 heteroatoms. The smallest absolute Gasteiger partial charge is 0.0632 e. The highest BCUT2D eigenvalue weighted by atomic mass is 16.5. The quantitative estimate of drug-likeness (QED) is 0.717. The van der Waals surface area contributed by atoms with E-state index in [1.807, 2.05) is 0 Å². The number of morpholine rings is 1. The fourth-order valence-corrected chi connectivity index (χ4v) is 2.59. The van der Waals surface area contributed by atoms with E-state index in [0.29, 0.717) is 11.5 Å². The fourth-order valence-electron chi connectivity index (χ4n) is 2.59. The van der Waals surface area contributed by atoms with Crippen molar-refractivity contribution in [1.29, 1.82) is 0 Å². The van der Waals surface area contributed by atoms with Gasteiger partial charge >= 0.3 is 0 Å². The van der Waals surface area contributed by atoms with E-state index >= 15 is 0 Å². The van der Waals surface area contributed by atoms with Gasteiger partial charge in [-0.2, -0.15) is 0 Å². The molecular weight excluding hydrogens is 188 g/mol. The first-order chi connectivity index (χ1) is 7.35. The van der Waals surface area contributed by atoms with E-state index in [4.69, 9.17) is 4.74 Å². The number of hydrogen-bond acceptors (Lipinski definition) is 3. The van der Waals surface area contributed by atoms with E-state index < -0.39 is 0 Å². The lowest BCUT2D eigenvalue weighted by Gasteiger charge is -2.42. The molecule has 1 heterocycles. The summed E-state index contributed by atoms with van der Waals surface area (Å²) in [4.78, 5) is 0. The van der Waals surface area contributed by atoms with E-state index in [1.54, 1.807) is 0 Å². The molecule has 2 fully saturated rings. The Morgan fingerprint density at radius 1 is 1.47 bits per heavy atom. The molecule has 1 aliphatic carbocycles. The predicted octanol–water partition coefficient (Wildman–Crippen LogP) is 1.14. The summed E-state index contributed by atoms with van der Waals surface area (Å²) in [7, 11) is 0. The molecule has 0 spiro atoms. The SMILES string of the molecule is CCC1(CNCC2COCCN2)CCC1. The largest absolute Gasteiger partial charge is 0.378 e. The van der Waals surface area contributed by atoms with Crippen molar-refractivity contribution in [2.45, 2.75) is 38.6 Å². The van der Waals surface area contributed by atoms with Crippen molar-refractivity contribution in [3.63, 3.8) is 0 Å². The lowest BCUT2D eigenvalue weighted by molar-refractivity contribution is 0.0716. The predicted molar refractivity (Wildman–Crippen MR) is 62.1 cm³/mol. The van der Waals surface area contributed by atoms with Gasteiger partial charge in [-0.3, -0.25) is 0 Å². The topological polar surface area (TPSA) is 33.3 Å². The zero-order chi connectivity index (χ0) is 10.6. The number of hydrogen-bond donors (Lipinski definition) is 2. The molecule has 3 nitrogen and oxygen atoms in total. The maximum Gasteiger partial charge on any atom is 0.0632 e. The van der Waals surface area contributed by atoms with Crippen LogP contribution in [0.2, 0.25) is 0 Å². The molecule has 1 aliphatic heterocycles. The zero-order valence-corrected chi connectivity index (χ0v) is 9.85. The highest BCUT2D eigenvalue weighted by Gasteiger charge is 2.34. The van der Waals surface area contributed by atoms with Gasteiger partial charge < -0.3 is 15.4 Å². The van der Waals surface area contributed by atoms with Crippen LogP contribution in [0.25, 0.3) is 0 Å². The number of ether oxygens (including phenoxy) is 1.